The number of ether oxygens (including phenoxy) is 1. The lowest BCUT2D eigenvalue weighted by Crippen LogP contribution is -2.11. The quantitative estimate of drug-likeness (QED) is 0.506. The highest BCUT2D eigenvalue weighted by molar-refractivity contribution is 4.88. The van der Waals surface area contributed by atoms with Crippen LogP contribution in [0.5, 0.6) is 0 Å². The summed E-state index contributed by atoms with van der Waals surface area (Å²) in [4.78, 5) is 0. The van der Waals surface area contributed by atoms with Crippen molar-refractivity contribution in [2.45, 2.75) is 71.2 Å². The Morgan fingerprint density at radius 3 is 2.29 bits per heavy atom. The van der Waals surface area contributed by atoms with Gasteiger partial charge in [-0.25, -0.2) is 0 Å². The van der Waals surface area contributed by atoms with Gasteiger partial charge in [0.15, 0.2) is 5.79 Å². The van der Waals surface area contributed by atoms with Crippen LogP contribution in [-0.4, -0.2) is 17.0 Å². The summed E-state index contributed by atoms with van der Waals surface area (Å²) in [5.41, 5.74) is 0. The fourth-order valence-electron chi connectivity index (χ4n) is 1.82. The predicted molar refractivity (Wildman–Crippen MR) is 58.0 cm³/mol. The number of aliphatic hydroxyl groups is 1. The Bertz CT molecular complexity index is 168. The van der Waals surface area contributed by atoms with Gasteiger partial charge in [0.1, 0.15) is 6.10 Å². The number of hydrogen-bond donors (Lipinski definition) is 1. The van der Waals surface area contributed by atoms with Crippen molar-refractivity contribution < 1.29 is 9.84 Å². The van der Waals surface area contributed by atoms with Crippen LogP contribution in [0, 0.1) is 5.92 Å². The van der Waals surface area contributed by atoms with Crippen molar-refractivity contribution in [2.24, 2.45) is 5.92 Å². The van der Waals surface area contributed by atoms with Crippen LogP contribution in [0.25, 0.3) is 0 Å². The fraction of sp³-hybridized carbons (Fsp3) is 1.00. The van der Waals surface area contributed by atoms with E-state index in [1.807, 2.05) is 6.92 Å². The van der Waals surface area contributed by atoms with E-state index < -0.39 is 5.79 Å². The molecule has 0 aromatic heterocycles. The normalized spacial score (nSPS) is 31.1. The van der Waals surface area contributed by atoms with Crippen LogP contribution in [0.1, 0.15) is 59.3 Å². The lowest BCUT2D eigenvalue weighted by molar-refractivity contribution is 0.0264. The minimum absolute atomic E-state index is 0.0677. The summed E-state index contributed by atoms with van der Waals surface area (Å²) in [6.07, 6.45) is 7.16. The van der Waals surface area contributed by atoms with Crippen LogP contribution in [0.15, 0.2) is 0 Å². The van der Waals surface area contributed by atoms with Gasteiger partial charge in [-0.1, -0.05) is 39.5 Å². The largest absolute Gasteiger partial charge is 0.363 e. The number of epoxide rings is 1. The van der Waals surface area contributed by atoms with Crippen molar-refractivity contribution in [3.63, 3.8) is 0 Å². The van der Waals surface area contributed by atoms with Crippen LogP contribution >= 0.6 is 0 Å². The second-order valence-corrected chi connectivity index (χ2v) is 4.95. The molecule has 1 heterocycles. The highest BCUT2D eigenvalue weighted by Gasteiger charge is 2.50. The average molecular weight is 200 g/mol. The Kier molecular flexibility index (Phi) is 4.39. The van der Waals surface area contributed by atoms with E-state index in [1.54, 1.807) is 0 Å². The first-order valence-electron chi connectivity index (χ1n) is 5.95. The third-order valence-corrected chi connectivity index (χ3v) is 3.03. The van der Waals surface area contributed by atoms with Gasteiger partial charge >= 0.3 is 0 Å². The molecule has 14 heavy (non-hydrogen) atoms. The average Bonchev–Trinajstić information content (AvgIpc) is 2.67. The second kappa shape index (κ2) is 5.13. The van der Waals surface area contributed by atoms with E-state index in [4.69, 9.17) is 4.74 Å². The van der Waals surface area contributed by atoms with Gasteiger partial charge in [-0.3, -0.25) is 0 Å². The van der Waals surface area contributed by atoms with E-state index in [2.05, 4.69) is 13.8 Å². The molecule has 0 saturated carbocycles. The van der Waals surface area contributed by atoms with Gasteiger partial charge in [0.2, 0.25) is 0 Å². The summed E-state index contributed by atoms with van der Waals surface area (Å²) in [6.45, 7) is 6.46. The van der Waals surface area contributed by atoms with Crippen molar-refractivity contribution in [1.82, 2.24) is 0 Å². The summed E-state index contributed by atoms with van der Waals surface area (Å²) in [7, 11) is 0. The molecule has 0 spiro atoms. The van der Waals surface area contributed by atoms with Crippen LogP contribution in [0.3, 0.4) is 0 Å². The molecule has 1 saturated heterocycles. The molecule has 0 radical (unpaired) electrons. The topological polar surface area (TPSA) is 32.8 Å². The van der Waals surface area contributed by atoms with E-state index in [9.17, 15) is 5.11 Å². The highest BCUT2D eigenvalue weighted by Crippen LogP contribution is 2.37. The zero-order valence-corrected chi connectivity index (χ0v) is 9.75. The second-order valence-electron chi connectivity index (χ2n) is 4.95. The van der Waals surface area contributed by atoms with Gasteiger partial charge in [-0.15, -0.1) is 0 Å². The molecule has 0 amide bonds. The lowest BCUT2D eigenvalue weighted by atomic mass is 10.0. The molecule has 0 aromatic rings. The molecular formula is C12H24O2. The first-order valence-corrected chi connectivity index (χ1v) is 5.95. The van der Waals surface area contributed by atoms with Gasteiger partial charge in [-0.05, 0) is 19.3 Å². The van der Waals surface area contributed by atoms with Crippen molar-refractivity contribution in [3.8, 4) is 0 Å². The first-order chi connectivity index (χ1) is 6.54. The van der Waals surface area contributed by atoms with Crippen molar-refractivity contribution in [3.05, 3.63) is 0 Å². The number of hydrogen-bond acceptors (Lipinski definition) is 2. The molecule has 2 heteroatoms. The molecule has 1 fully saturated rings. The molecule has 84 valence electrons. The Morgan fingerprint density at radius 2 is 1.79 bits per heavy atom. The van der Waals surface area contributed by atoms with E-state index >= 15 is 0 Å². The lowest BCUT2D eigenvalue weighted by Gasteiger charge is -2.06. The van der Waals surface area contributed by atoms with E-state index in [1.165, 1.54) is 25.7 Å². The summed E-state index contributed by atoms with van der Waals surface area (Å²) < 4.78 is 5.10. The van der Waals surface area contributed by atoms with Gasteiger partial charge in [-0.2, -0.15) is 0 Å². The predicted octanol–water partition coefficient (Wildman–Crippen LogP) is 3.09. The number of unbranched alkanes of at least 4 members (excludes halogenated alkanes) is 3. The molecule has 1 rings (SSSR count). The SMILES string of the molecule is CC(C)CCCCCCC1(O)OC1C. The minimum Gasteiger partial charge on any atom is -0.363 e. The molecule has 2 atom stereocenters. The van der Waals surface area contributed by atoms with E-state index in [0.717, 1.165) is 18.8 Å². The maximum absolute atomic E-state index is 9.62. The maximum atomic E-state index is 9.62. The zero-order valence-electron chi connectivity index (χ0n) is 9.75. The molecular weight excluding hydrogens is 176 g/mol. The minimum atomic E-state index is -0.752. The molecule has 2 nitrogen and oxygen atoms in total. The van der Waals surface area contributed by atoms with Crippen molar-refractivity contribution in [2.75, 3.05) is 0 Å². The molecule has 1 aliphatic rings. The molecule has 1 N–H and O–H groups in total. The zero-order chi connectivity index (χ0) is 10.6. The van der Waals surface area contributed by atoms with Gasteiger partial charge < -0.3 is 9.84 Å². The van der Waals surface area contributed by atoms with Crippen LogP contribution in [0.4, 0.5) is 0 Å². The number of rotatable bonds is 7. The Balaban J connectivity index is 1.86. The molecule has 1 aliphatic heterocycles. The summed E-state index contributed by atoms with van der Waals surface area (Å²) >= 11 is 0. The Hall–Kier alpha value is -0.0800. The summed E-state index contributed by atoms with van der Waals surface area (Å²) in [5.74, 6) is 0.0730. The smallest absolute Gasteiger partial charge is 0.192 e. The molecule has 0 aromatic carbocycles. The summed E-state index contributed by atoms with van der Waals surface area (Å²) in [5, 5.41) is 9.62. The Morgan fingerprint density at radius 1 is 1.21 bits per heavy atom. The van der Waals surface area contributed by atoms with Crippen molar-refractivity contribution in [1.29, 1.82) is 0 Å². The fourth-order valence-corrected chi connectivity index (χ4v) is 1.82. The first kappa shape index (κ1) is 12.0. The van der Waals surface area contributed by atoms with Gasteiger partial charge in [0.05, 0.1) is 0 Å². The third kappa shape index (κ3) is 3.97. The van der Waals surface area contributed by atoms with E-state index in [0.29, 0.717) is 0 Å². The van der Waals surface area contributed by atoms with Crippen LogP contribution in [0.2, 0.25) is 0 Å². The third-order valence-electron chi connectivity index (χ3n) is 3.03. The summed E-state index contributed by atoms with van der Waals surface area (Å²) in [6, 6.07) is 0. The van der Waals surface area contributed by atoms with Gasteiger partial charge in [0, 0.05) is 6.42 Å². The monoisotopic (exact) mass is 200 g/mol. The van der Waals surface area contributed by atoms with Crippen LogP contribution in [-0.2, 0) is 4.74 Å². The Labute approximate surface area is 87.7 Å². The van der Waals surface area contributed by atoms with Gasteiger partial charge in [0.25, 0.3) is 0 Å². The van der Waals surface area contributed by atoms with E-state index in [-0.39, 0.29) is 6.10 Å². The molecule has 0 bridgehead atoms. The van der Waals surface area contributed by atoms with Crippen LogP contribution < -0.4 is 0 Å². The molecule has 0 aliphatic carbocycles. The molecule has 2 unspecified atom stereocenters. The standard InChI is InChI=1S/C12H24O2/c1-10(2)8-6-4-5-7-9-12(13)11(3)14-12/h10-11,13H,4-9H2,1-3H3. The highest BCUT2D eigenvalue weighted by atomic mass is 16.7. The maximum Gasteiger partial charge on any atom is 0.192 e. The van der Waals surface area contributed by atoms with Crippen molar-refractivity contribution >= 4 is 0 Å².